The molecule has 1 saturated heterocycles. The molecule has 0 radical (unpaired) electrons. The molecule has 0 saturated carbocycles. The van der Waals surface area contributed by atoms with Gasteiger partial charge in [-0.3, -0.25) is 0 Å². The zero-order chi connectivity index (χ0) is 8.27. The van der Waals surface area contributed by atoms with E-state index in [1.54, 1.807) is 6.92 Å². The van der Waals surface area contributed by atoms with Crippen molar-refractivity contribution < 1.29 is 9.53 Å². The Hall–Kier alpha value is -0.440. The minimum absolute atomic E-state index is 0.129. The Morgan fingerprint density at radius 3 is 2.91 bits per heavy atom. The first-order chi connectivity index (χ1) is 5.20. The van der Waals surface area contributed by atoms with Crippen LogP contribution in [0.15, 0.2) is 12.2 Å². The Kier molecular flexibility index (Phi) is 3.00. The van der Waals surface area contributed by atoms with Crippen LogP contribution < -0.4 is 0 Å². The van der Waals surface area contributed by atoms with Crippen molar-refractivity contribution in [2.45, 2.75) is 19.4 Å². The molecule has 11 heavy (non-hydrogen) atoms. The number of carbonyl (C=O) groups excluding carboxylic acids is 1. The highest BCUT2D eigenvalue weighted by molar-refractivity contribution is 7.99. The molecule has 0 spiro atoms. The van der Waals surface area contributed by atoms with Crippen LogP contribution in [0.1, 0.15) is 13.3 Å². The standard InChI is InChI=1S/C8H12O2S/c1-6(2)8(9)10-7-3-4-11-5-7/h7H,1,3-5H2,2H3. The number of ether oxygens (including phenoxy) is 1. The maximum absolute atomic E-state index is 11.0. The van der Waals surface area contributed by atoms with E-state index in [9.17, 15) is 4.79 Å². The first kappa shape index (κ1) is 8.65. The fourth-order valence-corrected chi connectivity index (χ4v) is 1.95. The molecular formula is C8H12O2S. The molecule has 0 bridgehead atoms. The van der Waals surface area contributed by atoms with Crippen LogP contribution in [0.4, 0.5) is 0 Å². The molecule has 62 valence electrons. The van der Waals surface area contributed by atoms with Gasteiger partial charge in [0.1, 0.15) is 6.10 Å². The zero-order valence-corrected chi connectivity index (χ0v) is 7.45. The summed E-state index contributed by atoms with van der Waals surface area (Å²) in [6, 6.07) is 0. The number of hydrogen-bond acceptors (Lipinski definition) is 3. The third kappa shape index (κ3) is 2.58. The highest BCUT2D eigenvalue weighted by atomic mass is 32.2. The molecule has 0 aliphatic carbocycles. The topological polar surface area (TPSA) is 26.3 Å². The van der Waals surface area contributed by atoms with Crippen molar-refractivity contribution in [3.63, 3.8) is 0 Å². The second-order valence-corrected chi connectivity index (χ2v) is 3.82. The molecule has 0 N–H and O–H groups in total. The molecule has 0 amide bonds. The van der Waals surface area contributed by atoms with Crippen LogP contribution in [0.5, 0.6) is 0 Å². The largest absolute Gasteiger partial charge is 0.458 e. The van der Waals surface area contributed by atoms with Crippen molar-refractivity contribution >= 4 is 17.7 Å². The molecule has 1 aliphatic heterocycles. The van der Waals surface area contributed by atoms with Crippen LogP contribution in [-0.2, 0) is 9.53 Å². The van der Waals surface area contributed by atoms with Crippen LogP contribution in [-0.4, -0.2) is 23.6 Å². The van der Waals surface area contributed by atoms with Crippen LogP contribution in [0.3, 0.4) is 0 Å². The maximum Gasteiger partial charge on any atom is 0.333 e. The average molecular weight is 172 g/mol. The molecule has 2 nitrogen and oxygen atoms in total. The van der Waals surface area contributed by atoms with Crippen LogP contribution in [0.25, 0.3) is 0 Å². The maximum atomic E-state index is 11.0. The van der Waals surface area contributed by atoms with E-state index in [4.69, 9.17) is 4.74 Å². The van der Waals surface area contributed by atoms with Gasteiger partial charge < -0.3 is 4.74 Å². The number of thioether (sulfide) groups is 1. The SMILES string of the molecule is C=C(C)C(=O)OC1CCSC1. The smallest absolute Gasteiger partial charge is 0.333 e. The molecule has 0 aromatic rings. The van der Waals surface area contributed by atoms with Gasteiger partial charge in [-0.1, -0.05) is 6.58 Å². The molecule has 1 aliphatic rings. The molecule has 1 fully saturated rings. The van der Waals surface area contributed by atoms with E-state index in [2.05, 4.69) is 6.58 Å². The van der Waals surface area contributed by atoms with Crippen molar-refractivity contribution in [3.8, 4) is 0 Å². The van der Waals surface area contributed by atoms with E-state index in [1.807, 2.05) is 11.8 Å². The van der Waals surface area contributed by atoms with Gasteiger partial charge in [0.15, 0.2) is 0 Å². The van der Waals surface area contributed by atoms with Gasteiger partial charge in [-0.15, -0.1) is 0 Å². The van der Waals surface area contributed by atoms with E-state index in [1.165, 1.54) is 0 Å². The molecule has 1 unspecified atom stereocenters. The van der Waals surface area contributed by atoms with Crippen molar-refractivity contribution in [1.82, 2.24) is 0 Å². The van der Waals surface area contributed by atoms with Crippen LogP contribution in [0.2, 0.25) is 0 Å². The molecule has 0 aromatic carbocycles. The summed E-state index contributed by atoms with van der Waals surface area (Å²) in [6.45, 7) is 5.19. The van der Waals surface area contributed by atoms with Gasteiger partial charge in [0, 0.05) is 11.3 Å². The highest BCUT2D eigenvalue weighted by Gasteiger charge is 2.19. The van der Waals surface area contributed by atoms with Gasteiger partial charge in [-0.05, 0) is 19.1 Å². The molecule has 0 aromatic heterocycles. The minimum atomic E-state index is -0.252. The van der Waals surface area contributed by atoms with E-state index in [0.717, 1.165) is 17.9 Å². The first-order valence-electron chi connectivity index (χ1n) is 3.64. The number of rotatable bonds is 2. The normalized spacial score (nSPS) is 23.2. The van der Waals surface area contributed by atoms with E-state index < -0.39 is 0 Å². The molecule has 1 heterocycles. The summed E-state index contributed by atoms with van der Waals surface area (Å²) < 4.78 is 5.11. The Balaban J connectivity index is 2.29. The summed E-state index contributed by atoms with van der Waals surface area (Å²) in [6.07, 6.45) is 1.12. The lowest BCUT2D eigenvalue weighted by molar-refractivity contribution is -0.142. The van der Waals surface area contributed by atoms with Crippen molar-refractivity contribution in [2.75, 3.05) is 11.5 Å². The monoisotopic (exact) mass is 172 g/mol. The lowest BCUT2D eigenvalue weighted by Crippen LogP contribution is -2.17. The van der Waals surface area contributed by atoms with Gasteiger partial charge in [-0.2, -0.15) is 11.8 Å². The van der Waals surface area contributed by atoms with Gasteiger partial charge in [0.05, 0.1) is 0 Å². The molecular weight excluding hydrogens is 160 g/mol. The Morgan fingerprint density at radius 1 is 1.73 bits per heavy atom. The fraction of sp³-hybridized carbons (Fsp3) is 0.625. The zero-order valence-electron chi connectivity index (χ0n) is 6.63. The van der Waals surface area contributed by atoms with Gasteiger partial charge in [0.2, 0.25) is 0 Å². The number of hydrogen-bond donors (Lipinski definition) is 0. The average Bonchev–Trinajstić information content (AvgIpc) is 2.39. The third-order valence-electron chi connectivity index (χ3n) is 1.51. The second kappa shape index (κ2) is 3.81. The first-order valence-corrected chi connectivity index (χ1v) is 4.80. The Morgan fingerprint density at radius 2 is 2.45 bits per heavy atom. The van der Waals surface area contributed by atoms with Gasteiger partial charge in [-0.25, -0.2) is 4.79 Å². The van der Waals surface area contributed by atoms with Crippen molar-refractivity contribution in [2.24, 2.45) is 0 Å². The predicted molar refractivity (Wildman–Crippen MR) is 46.6 cm³/mol. The van der Waals surface area contributed by atoms with E-state index in [0.29, 0.717) is 5.57 Å². The molecule has 1 rings (SSSR count). The summed E-state index contributed by atoms with van der Waals surface area (Å²) in [5, 5.41) is 0. The predicted octanol–water partition coefficient (Wildman–Crippen LogP) is 1.61. The van der Waals surface area contributed by atoms with Gasteiger partial charge >= 0.3 is 5.97 Å². The van der Waals surface area contributed by atoms with Crippen molar-refractivity contribution in [3.05, 3.63) is 12.2 Å². The quantitative estimate of drug-likeness (QED) is 0.467. The Labute approximate surface area is 71.0 Å². The van der Waals surface area contributed by atoms with Crippen molar-refractivity contribution in [1.29, 1.82) is 0 Å². The summed E-state index contributed by atoms with van der Waals surface area (Å²) in [7, 11) is 0. The van der Waals surface area contributed by atoms with Crippen LogP contribution in [0, 0.1) is 0 Å². The summed E-state index contributed by atoms with van der Waals surface area (Å²) in [4.78, 5) is 11.0. The summed E-state index contributed by atoms with van der Waals surface area (Å²) in [5.74, 6) is 1.80. The highest BCUT2D eigenvalue weighted by Crippen LogP contribution is 2.20. The summed E-state index contributed by atoms with van der Waals surface area (Å²) in [5.41, 5.74) is 0.488. The minimum Gasteiger partial charge on any atom is -0.458 e. The van der Waals surface area contributed by atoms with Crippen LogP contribution >= 0.6 is 11.8 Å². The van der Waals surface area contributed by atoms with E-state index in [-0.39, 0.29) is 12.1 Å². The number of carbonyl (C=O) groups is 1. The molecule has 1 atom stereocenters. The van der Waals surface area contributed by atoms with E-state index >= 15 is 0 Å². The van der Waals surface area contributed by atoms with Gasteiger partial charge in [0.25, 0.3) is 0 Å². The fourth-order valence-electron chi connectivity index (χ4n) is 0.858. The number of esters is 1. The lowest BCUT2D eigenvalue weighted by Gasteiger charge is -2.09. The lowest BCUT2D eigenvalue weighted by atomic mass is 10.3. The third-order valence-corrected chi connectivity index (χ3v) is 2.64. The molecule has 3 heteroatoms. The second-order valence-electron chi connectivity index (χ2n) is 2.67. The summed E-state index contributed by atoms with van der Waals surface area (Å²) >= 11 is 1.83. The Bertz CT molecular complexity index is 171.